The fourth-order valence-electron chi connectivity index (χ4n) is 3.70. The van der Waals surface area contributed by atoms with Crippen LogP contribution < -0.4 is 5.56 Å². The minimum absolute atomic E-state index is 0.00221. The highest BCUT2D eigenvalue weighted by atomic mass is 16.5. The molecule has 0 spiro atoms. The van der Waals surface area contributed by atoms with Crippen molar-refractivity contribution in [2.24, 2.45) is 0 Å². The summed E-state index contributed by atoms with van der Waals surface area (Å²) in [6.07, 6.45) is 3.54. The smallest absolute Gasteiger partial charge is 0.308 e. The van der Waals surface area contributed by atoms with Crippen molar-refractivity contribution in [2.45, 2.75) is 32.9 Å². The maximum atomic E-state index is 12.6. The molecule has 0 unspecified atom stereocenters. The summed E-state index contributed by atoms with van der Waals surface area (Å²) in [4.78, 5) is 45.5. The van der Waals surface area contributed by atoms with Crippen LogP contribution in [0, 0.1) is 6.92 Å². The third kappa shape index (κ3) is 3.74. The minimum atomic E-state index is -0.483. The van der Waals surface area contributed by atoms with Crippen LogP contribution in [0.4, 0.5) is 0 Å². The van der Waals surface area contributed by atoms with Crippen LogP contribution in [-0.2, 0) is 20.9 Å². The van der Waals surface area contributed by atoms with E-state index in [4.69, 9.17) is 4.74 Å². The van der Waals surface area contributed by atoms with Crippen molar-refractivity contribution >= 4 is 28.9 Å². The number of fused-ring (bicyclic) bond motifs is 2. The molecule has 2 heterocycles. The SMILES string of the molecule is CC(=O)N1C=Cc2ccccc2[C@H]1CC(=O)OCc1nc2c(C)cccc2c(=O)[nH]1. The Morgan fingerprint density at radius 1 is 1.17 bits per heavy atom. The first-order valence-corrected chi connectivity index (χ1v) is 9.64. The number of rotatable bonds is 4. The first-order chi connectivity index (χ1) is 14.4. The fourth-order valence-corrected chi connectivity index (χ4v) is 3.70. The Balaban J connectivity index is 1.51. The summed E-state index contributed by atoms with van der Waals surface area (Å²) >= 11 is 0. The molecule has 0 fully saturated rings. The van der Waals surface area contributed by atoms with E-state index < -0.39 is 12.0 Å². The molecule has 1 aliphatic heterocycles. The highest BCUT2D eigenvalue weighted by Crippen LogP contribution is 2.33. The first-order valence-electron chi connectivity index (χ1n) is 9.64. The van der Waals surface area contributed by atoms with Crippen LogP contribution in [0.15, 0.2) is 53.5 Å². The molecule has 1 aliphatic rings. The van der Waals surface area contributed by atoms with Crippen LogP contribution in [-0.4, -0.2) is 26.7 Å². The number of carbonyl (C=O) groups excluding carboxylic acids is 2. The van der Waals surface area contributed by atoms with Gasteiger partial charge >= 0.3 is 5.97 Å². The first kappa shape index (κ1) is 19.6. The second kappa shape index (κ2) is 7.94. The number of para-hydroxylation sites is 1. The Morgan fingerprint density at radius 2 is 1.97 bits per heavy atom. The van der Waals surface area contributed by atoms with E-state index in [1.165, 1.54) is 11.8 Å². The molecular weight excluding hydrogens is 382 g/mol. The lowest BCUT2D eigenvalue weighted by atomic mass is 9.94. The van der Waals surface area contributed by atoms with Crippen LogP contribution in [0.1, 0.15) is 41.9 Å². The molecule has 1 atom stereocenters. The van der Waals surface area contributed by atoms with Crippen LogP contribution in [0.3, 0.4) is 0 Å². The predicted molar refractivity (Wildman–Crippen MR) is 112 cm³/mol. The zero-order chi connectivity index (χ0) is 21.3. The molecule has 0 bridgehead atoms. The molecule has 0 aliphatic carbocycles. The van der Waals surface area contributed by atoms with Gasteiger partial charge in [-0.1, -0.05) is 36.4 Å². The van der Waals surface area contributed by atoms with Gasteiger partial charge < -0.3 is 14.6 Å². The third-order valence-corrected chi connectivity index (χ3v) is 5.19. The van der Waals surface area contributed by atoms with Gasteiger partial charge in [-0.15, -0.1) is 0 Å². The van der Waals surface area contributed by atoms with E-state index in [2.05, 4.69) is 9.97 Å². The van der Waals surface area contributed by atoms with Gasteiger partial charge in [0.15, 0.2) is 0 Å². The van der Waals surface area contributed by atoms with Gasteiger partial charge in [0.25, 0.3) is 5.56 Å². The lowest BCUT2D eigenvalue weighted by Crippen LogP contribution is -2.32. The highest BCUT2D eigenvalue weighted by molar-refractivity contribution is 5.81. The number of aromatic nitrogens is 2. The topological polar surface area (TPSA) is 92.4 Å². The van der Waals surface area contributed by atoms with Gasteiger partial charge in [0.2, 0.25) is 5.91 Å². The second-order valence-corrected chi connectivity index (χ2v) is 7.24. The van der Waals surface area contributed by atoms with E-state index in [0.29, 0.717) is 10.9 Å². The van der Waals surface area contributed by atoms with Crippen LogP contribution >= 0.6 is 0 Å². The zero-order valence-electron chi connectivity index (χ0n) is 16.7. The van der Waals surface area contributed by atoms with Gasteiger partial charge in [0.05, 0.1) is 23.4 Å². The minimum Gasteiger partial charge on any atom is -0.457 e. The summed E-state index contributed by atoms with van der Waals surface area (Å²) in [5.41, 5.74) is 3.03. The molecule has 7 nitrogen and oxygen atoms in total. The summed E-state index contributed by atoms with van der Waals surface area (Å²) in [6, 6.07) is 12.6. The molecule has 152 valence electrons. The monoisotopic (exact) mass is 403 g/mol. The maximum Gasteiger partial charge on any atom is 0.308 e. The lowest BCUT2D eigenvalue weighted by molar-refractivity contribution is -0.147. The van der Waals surface area contributed by atoms with Crippen molar-refractivity contribution in [1.29, 1.82) is 0 Å². The van der Waals surface area contributed by atoms with E-state index in [9.17, 15) is 14.4 Å². The predicted octanol–water partition coefficient (Wildman–Crippen LogP) is 3.24. The van der Waals surface area contributed by atoms with Crippen molar-refractivity contribution in [3.05, 3.63) is 81.5 Å². The van der Waals surface area contributed by atoms with Crippen LogP contribution in [0.5, 0.6) is 0 Å². The van der Waals surface area contributed by atoms with Gasteiger partial charge in [-0.25, -0.2) is 4.98 Å². The number of aromatic amines is 1. The molecule has 3 aromatic rings. The van der Waals surface area contributed by atoms with Gasteiger partial charge in [-0.05, 0) is 35.8 Å². The summed E-state index contributed by atoms with van der Waals surface area (Å²) in [6.45, 7) is 3.18. The zero-order valence-corrected chi connectivity index (χ0v) is 16.7. The summed E-state index contributed by atoms with van der Waals surface area (Å²) < 4.78 is 5.38. The van der Waals surface area contributed by atoms with Gasteiger partial charge in [-0.2, -0.15) is 0 Å². The molecule has 7 heteroatoms. The maximum absolute atomic E-state index is 12.6. The molecule has 2 aromatic carbocycles. The molecular formula is C23H21N3O4. The van der Waals surface area contributed by atoms with E-state index >= 15 is 0 Å². The molecule has 1 amide bonds. The molecule has 0 saturated carbocycles. The molecule has 0 radical (unpaired) electrons. The summed E-state index contributed by atoms with van der Waals surface area (Å²) in [5, 5.41) is 0.493. The molecule has 1 N–H and O–H groups in total. The van der Waals surface area contributed by atoms with Crippen molar-refractivity contribution in [2.75, 3.05) is 0 Å². The Labute approximate surface area is 173 Å². The van der Waals surface area contributed by atoms with Gasteiger partial charge in [0.1, 0.15) is 12.4 Å². The van der Waals surface area contributed by atoms with Crippen molar-refractivity contribution in [3.8, 4) is 0 Å². The van der Waals surface area contributed by atoms with E-state index in [1.54, 1.807) is 18.3 Å². The summed E-state index contributed by atoms with van der Waals surface area (Å²) in [7, 11) is 0. The Kier molecular flexibility index (Phi) is 5.18. The fraction of sp³-hybridized carbons (Fsp3) is 0.217. The molecule has 0 saturated heterocycles. The number of carbonyl (C=O) groups is 2. The number of benzene rings is 2. The van der Waals surface area contributed by atoms with Crippen LogP contribution in [0.25, 0.3) is 17.0 Å². The Morgan fingerprint density at radius 3 is 2.77 bits per heavy atom. The number of H-pyrrole nitrogens is 1. The van der Waals surface area contributed by atoms with Crippen molar-refractivity contribution in [1.82, 2.24) is 14.9 Å². The van der Waals surface area contributed by atoms with Gasteiger partial charge in [0, 0.05) is 13.1 Å². The largest absolute Gasteiger partial charge is 0.457 e. The number of amides is 1. The number of hydrogen-bond acceptors (Lipinski definition) is 5. The number of nitrogens with one attached hydrogen (secondary N) is 1. The Bertz CT molecular complexity index is 1230. The number of hydrogen-bond donors (Lipinski definition) is 1. The van der Waals surface area contributed by atoms with Crippen molar-refractivity contribution < 1.29 is 14.3 Å². The number of aryl methyl sites for hydroxylation is 1. The van der Waals surface area contributed by atoms with E-state index in [1.807, 2.05) is 43.3 Å². The highest BCUT2D eigenvalue weighted by Gasteiger charge is 2.28. The standard InChI is InChI=1S/C23H21N3O4/c1-14-6-5-9-18-22(14)24-20(25-23(18)29)13-30-21(28)12-19-17-8-4-3-7-16(17)10-11-26(19)15(2)27/h3-11,19H,12-13H2,1-2H3,(H,24,25,29)/t19-/m1/s1. The van der Waals surface area contributed by atoms with Gasteiger partial charge in [-0.3, -0.25) is 14.4 Å². The molecule has 30 heavy (non-hydrogen) atoms. The van der Waals surface area contributed by atoms with E-state index in [-0.39, 0.29) is 30.3 Å². The molecule has 4 rings (SSSR count). The van der Waals surface area contributed by atoms with Crippen molar-refractivity contribution in [3.63, 3.8) is 0 Å². The quantitative estimate of drug-likeness (QED) is 0.675. The average Bonchev–Trinajstić information content (AvgIpc) is 2.73. The normalized spacial score (nSPS) is 15.1. The second-order valence-electron chi connectivity index (χ2n) is 7.24. The third-order valence-electron chi connectivity index (χ3n) is 5.19. The Hall–Kier alpha value is -3.74. The lowest BCUT2D eigenvalue weighted by Gasteiger charge is -2.32. The van der Waals surface area contributed by atoms with E-state index in [0.717, 1.165) is 16.7 Å². The number of ether oxygens (including phenoxy) is 1. The number of esters is 1. The molecule has 1 aromatic heterocycles. The average molecular weight is 403 g/mol. The van der Waals surface area contributed by atoms with Crippen LogP contribution in [0.2, 0.25) is 0 Å². The summed E-state index contributed by atoms with van der Waals surface area (Å²) in [5.74, 6) is -0.360. The number of nitrogens with zero attached hydrogens (tertiary/aromatic N) is 2.